The number of hydrogen-bond acceptors (Lipinski definition) is 3. The number of aliphatic hydroxyl groups is 1. The second-order valence-electron chi connectivity index (χ2n) is 4.37. The molecule has 2 rings (SSSR count). The van der Waals surface area contributed by atoms with E-state index < -0.39 is 17.5 Å². The lowest BCUT2D eigenvalue weighted by Gasteiger charge is -2.18. The highest BCUT2D eigenvalue weighted by Crippen LogP contribution is 2.55. The number of aliphatic hydroxyl groups excluding tert-OH is 1. The zero-order valence-corrected chi connectivity index (χ0v) is 10.5. The number of thioether (sulfide) groups is 1. The van der Waals surface area contributed by atoms with Crippen molar-refractivity contribution in [3.63, 3.8) is 0 Å². The largest absolute Gasteiger partial charge is 0.481 e. The molecule has 1 aliphatic rings. The summed E-state index contributed by atoms with van der Waals surface area (Å²) in [5.41, 5.74) is -0.232. The monoisotopic (exact) mass is 252 g/mol. The number of carbonyl (C=O) groups is 1. The van der Waals surface area contributed by atoms with E-state index in [-0.39, 0.29) is 0 Å². The lowest BCUT2D eigenvalue weighted by Crippen LogP contribution is -2.23. The van der Waals surface area contributed by atoms with Crippen LogP contribution in [-0.4, -0.2) is 21.9 Å². The van der Waals surface area contributed by atoms with Crippen molar-refractivity contribution in [2.45, 2.75) is 30.8 Å². The molecule has 1 saturated carbocycles. The standard InChI is InChI=1S/C13H16O3S/c1-2-17-10-5-3-9(4-6-10)11(14)13(7-8-13)12(15)16/h3-6,11,14H,2,7-8H2,1H3,(H,15,16). The van der Waals surface area contributed by atoms with E-state index in [0.29, 0.717) is 18.4 Å². The zero-order valence-electron chi connectivity index (χ0n) is 9.72. The van der Waals surface area contributed by atoms with Crippen LogP contribution >= 0.6 is 11.8 Å². The van der Waals surface area contributed by atoms with Crippen molar-refractivity contribution < 1.29 is 15.0 Å². The summed E-state index contributed by atoms with van der Waals surface area (Å²) in [6.07, 6.45) is 0.241. The average molecular weight is 252 g/mol. The molecule has 0 aliphatic heterocycles. The van der Waals surface area contributed by atoms with E-state index in [2.05, 4.69) is 6.92 Å². The Morgan fingerprint density at radius 2 is 2.00 bits per heavy atom. The highest BCUT2D eigenvalue weighted by atomic mass is 32.2. The van der Waals surface area contributed by atoms with Gasteiger partial charge in [-0.3, -0.25) is 4.79 Å². The fourth-order valence-corrected chi connectivity index (χ4v) is 2.63. The second kappa shape index (κ2) is 4.70. The summed E-state index contributed by atoms with van der Waals surface area (Å²) >= 11 is 1.73. The van der Waals surface area contributed by atoms with Crippen molar-refractivity contribution in [1.29, 1.82) is 0 Å². The molecular weight excluding hydrogens is 236 g/mol. The van der Waals surface area contributed by atoms with Gasteiger partial charge in [0.1, 0.15) is 0 Å². The van der Waals surface area contributed by atoms with Crippen LogP contribution < -0.4 is 0 Å². The minimum absolute atomic E-state index is 0.564. The summed E-state index contributed by atoms with van der Waals surface area (Å²) in [6, 6.07) is 7.52. The molecule has 17 heavy (non-hydrogen) atoms. The molecule has 0 saturated heterocycles. The molecule has 2 N–H and O–H groups in total. The predicted molar refractivity (Wildman–Crippen MR) is 67.1 cm³/mol. The van der Waals surface area contributed by atoms with Crippen LogP contribution in [0.3, 0.4) is 0 Å². The van der Waals surface area contributed by atoms with Crippen LogP contribution in [0.4, 0.5) is 0 Å². The van der Waals surface area contributed by atoms with Crippen LogP contribution in [0.1, 0.15) is 31.4 Å². The Balaban J connectivity index is 2.15. The van der Waals surface area contributed by atoms with Gasteiger partial charge in [-0.15, -0.1) is 11.8 Å². The van der Waals surface area contributed by atoms with Crippen LogP contribution in [0.15, 0.2) is 29.2 Å². The Morgan fingerprint density at radius 1 is 1.41 bits per heavy atom. The summed E-state index contributed by atoms with van der Waals surface area (Å²) in [5, 5.41) is 19.2. The van der Waals surface area contributed by atoms with Crippen molar-refractivity contribution in [3.8, 4) is 0 Å². The van der Waals surface area contributed by atoms with E-state index in [4.69, 9.17) is 5.11 Å². The molecule has 1 fully saturated rings. The summed E-state index contributed by atoms with van der Waals surface area (Å²) in [6.45, 7) is 2.08. The minimum atomic E-state index is -0.931. The average Bonchev–Trinajstić information content (AvgIpc) is 3.11. The van der Waals surface area contributed by atoms with Gasteiger partial charge in [-0.25, -0.2) is 0 Å². The van der Waals surface area contributed by atoms with Crippen LogP contribution in [0, 0.1) is 5.41 Å². The Morgan fingerprint density at radius 3 is 2.41 bits per heavy atom. The van der Waals surface area contributed by atoms with Gasteiger partial charge in [0.2, 0.25) is 0 Å². The molecule has 1 aromatic rings. The SMILES string of the molecule is CCSc1ccc(C(O)C2(C(=O)O)CC2)cc1. The predicted octanol–water partition coefficient (Wildman–Crippen LogP) is 2.70. The molecule has 92 valence electrons. The number of aliphatic carboxylic acids is 1. The van der Waals surface area contributed by atoms with Crippen molar-refractivity contribution in [2.75, 3.05) is 5.75 Å². The molecule has 0 amide bonds. The van der Waals surface area contributed by atoms with E-state index in [0.717, 1.165) is 10.6 Å². The first-order valence-corrected chi connectivity index (χ1v) is 6.73. The van der Waals surface area contributed by atoms with Crippen molar-refractivity contribution >= 4 is 17.7 Å². The first-order chi connectivity index (χ1) is 8.10. The summed E-state index contributed by atoms with van der Waals surface area (Å²) in [4.78, 5) is 12.2. The lowest BCUT2D eigenvalue weighted by atomic mass is 9.93. The number of carboxylic acids is 1. The number of carboxylic acid groups (broad SMARTS) is 1. The normalized spacial score (nSPS) is 18.7. The molecular formula is C13H16O3S. The van der Waals surface area contributed by atoms with Gasteiger partial charge in [-0.1, -0.05) is 19.1 Å². The van der Waals surface area contributed by atoms with Crippen molar-refractivity contribution in [1.82, 2.24) is 0 Å². The summed E-state index contributed by atoms with van der Waals surface area (Å²) < 4.78 is 0. The van der Waals surface area contributed by atoms with Gasteiger partial charge >= 0.3 is 5.97 Å². The fraction of sp³-hybridized carbons (Fsp3) is 0.462. The zero-order chi connectivity index (χ0) is 12.5. The third kappa shape index (κ3) is 2.33. The van der Waals surface area contributed by atoms with Gasteiger partial charge in [-0.05, 0) is 36.3 Å². The number of hydrogen-bond donors (Lipinski definition) is 2. The van der Waals surface area contributed by atoms with E-state index >= 15 is 0 Å². The number of benzene rings is 1. The molecule has 3 nitrogen and oxygen atoms in total. The molecule has 1 atom stereocenters. The molecule has 0 aromatic heterocycles. The molecule has 0 radical (unpaired) electrons. The third-order valence-corrected chi connectivity index (χ3v) is 4.14. The summed E-state index contributed by atoms with van der Waals surface area (Å²) in [5.74, 6) is 0.109. The van der Waals surface area contributed by atoms with E-state index in [1.54, 1.807) is 11.8 Å². The Kier molecular flexibility index (Phi) is 3.45. The molecule has 1 aliphatic carbocycles. The minimum Gasteiger partial charge on any atom is -0.481 e. The van der Waals surface area contributed by atoms with Gasteiger partial charge in [0.05, 0.1) is 11.5 Å². The lowest BCUT2D eigenvalue weighted by molar-refractivity contribution is -0.148. The van der Waals surface area contributed by atoms with Crippen LogP contribution in [0.5, 0.6) is 0 Å². The molecule has 1 aromatic carbocycles. The molecule has 0 spiro atoms. The first kappa shape index (κ1) is 12.5. The summed E-state index contributed by atoms with van der Waals surface area (Å²) in [7, 11) is 0. The van der Waals surface area contributed by atoms with E-state index in [1.807, 2.05) is 24.3 Å². The highest BCUT2D eigenvalue weighted by molar-refractivity contribution is 7.99. The third-order valence-electron chi connectivity index (χ3n) is 3.24. The van der Waals surface area contributed by atoms with E-state index in [9.17, 15) is 9.90 Å². The van der Waals surface area contributed by atoms with Gasteiger partial charge in [-0.2, -0.15) is 0 Å². The van der Waals surface area contributed by atoms with Gasteiger partial charge < -0.3 is 10.2 Å². The molecule has 0 heterocycles. The highest BCUT2D eigenvalue weighted by Gasteiger charge is 2.56. The van der Waals surface area contributed by atoms with E-state index in [1.165, 1.54) is 0 Å². The fourth-order valence-electron chi connectivity index (χ4n) is 1.97. The van der Waals surface area contributed by atoms with Gasteiger partial charge in [0, 0.05) is 4.90 Å². The van der Waals surface area contributed by atoms with Crippen molar-refractivity contribution in [2.24, 2.45) is 5.41 Å². The van der Waals surface area contributed by atoms with Crippen LogP contribution in [0.25, 0.3) is 0 Å². The molecule has 1 unspecified atom stereocenters. The maximum absolute atomic E-state index is 11.1. The topological polar surface area (TPSA) is 57.5 Å². The molecule has 4 heteroatoms. The van der Waals surface area contributed by atoms with Gasteiger partial charge in [0.15, 0.2) is 0 Å². The quantitative estimate of drug-likeness (QED) is 0.791. The Labute approximate surface area is 105 Å². The van der Waals surface area contributed by atoms with Crippen molar-refractivity contribution in [3.05, 3.63) is 29.8 Å². The first-order valence-electron chi connectivity index (χ1n) is 5.74. The second-order valence-corrected chi connectivity index (χ2v) is 5.70. The Bertz CT molecular complexity index is 409. The van der Waals surface area contributed by atoms with Crippen LogP contribution in [-0.2, 0) is 4.79 Å². The Hall–Kier alpha value is -1.00. The number of rotatable bonds is 5. The maximum atomic E-state index is 11.1. The maximum Gasteiger partial charge on any atom is 0.312 e. The van der Waals surface area contributed by atoms with Crippen LogP contribution in [0.2, 0.25) is 0 Å². The molecule has 0 bridgehead atoms. The van der Waals surface area contributed by atoms with Gasteiger partial charge in [0.25, 0.3) is 0 Å². The smallest absolute Gasteiger partial charge is 0.312 e.